The van der Waals surface area contributed by atoms with Crippen LogP contribution in [0, 0.1) is 0 Å². The molecule has 1 aromatic heterocycles. The number of rotatable bonds is 1. The zero-order chi connectivity index (χ0) is 12.8. The second kappa shape index (κ2) is 3.72. The van der Waals surface area contributed by atoms with E-state index in [1.165, 1.54) is 0 Å². The number of amides is 1. The van der Waals surface area contributed by atoms with E-state index in [0.29, 0.717) is 6.42 Å². The van der Waals surface area contributed by atoms with E-state index in [4.69, 9.17) is 4.42 Å². The molecular weight excluding hydrogens is 238 g/mol. The van der Waals surface area contributed by atoms with E-state index in [2.05, 4.69) is 0 Å². The molecule has 0 atom stereocenters. The Kier molecular flexibility index (Phi) is 2.03. The maximum atomic E-state index is 12.2. The Hall–Kier alpha value is -2.55. The number of nitrogens with zero attached hydrogens (tertiary/aromatic N) is 1. The summed E-state index contributed by atoms with van der Waals surface area (Å²) in [5.74, 6) is 0.105. The lowest BCUT2D eigenvalue weighted by atomic mass is 10.1. The van der Waals surface area contributed by atoms with E-state index in [-0.39, 0.29) is 5.91 Å². The van der Waals surface area contributed by atoms with Gasteiger partial charge in [0.1, 0.15) is 5.58 Å². The van der Waals surface area contributed by atoms with Crippen LogP contribution in [0.1, 0.15) is 5.56 Å². The first-order chi connectivity index (χ1) is 9.33. The fraction of sp³-hybridized carbons (Fsp3) is 0.0625. The zero-order valence-electron chi connectivity index (χ0n) is 10.2. The highest BCUT2D eigenvalue weighted by Gasteiger charge is 2.29. The topological polar surface area (TPSA) is 33.5 Å². The van der Waals surface area contributed by atoms with Crippen LogP contribution in [-0.4, -0.2) is 5.91 Å². The molecule has 2 heterocycles. The Morgan fingerprint density at radius 2 is 1.89 bits per heavy atom. The average molecular weight is 249 g/mol. The highest BCUT2D eigenvalue weighted by Crippen LogP contribution is 2.38. The Bertz CT molecular complexity index is 774. The summed E-state index contributed by atoms with van der Waals surface area (Å²) < 4.78 is 5.39. The summed E-state index contributed by atoms with van der Waals surface area (Å²) in [7, 11) is 0. The van der Waals surface area contributed by atoms with E-state index in [1.807, 2.05) is 48.5 Å². The van der Waals surface area contributed by atoms with Crippen LogP contribution in [0.3, 0.4) is 0 Å². The summed E-state index contributed by atoms with van der Waals surface area (Å²) in [6, 6.07) is 15.6. The summed E-state index contributed by atoms with van der Waals surface area (Å²) in [5.41, 5.74) is 3.73. The van der Waals surface area contributed by atoms with Gasteiger partial charge in [0, 0.05) is 11.1 Å². The van der Waals surface area contributed by atoms with Crippen LogP contribution in [-0.2, 0) is 11.2 Å². The summed E-state index contributed by atoms with van der Waals surface area (Å²) in [6.45, 7) is 0. The third kappa shape index (κ3) is 1.48. The van der Waals surface area contributed by atoms with Crippen molar-refractivity contribution in [2.45, 2.75) is 6.42 Å². The molecule has 4 rings (SSSR count). The molecule has 1 amide bonds. The standard InChI is InChI=1S/C16H11NO2/c18-16-10-12-9-15-11(6-7-19-15)8-14(12)17(16)13-4-2-1-3-5-13/h1-9H,10H2. The van der Waals surface area contributed by atoms with Crippen molar-refractivity contribution in [3.05, 3.63) is 60.4 Å². The monoisotopic (exact) mass is 249 g/mol. The number of fused-ring (bicyclic) bond motifs is 2. The number of anilines is 2. The molecule has 1 aliphatic heterocycles. The van der Waals surface area contributed by atoms with Crippen LogP contribution >= 0.6 is 0 Å². The van der Waals surface area contributed by atoms with Gasteiger partial charge in [0.2, 0.25) is 5.91 Å². The van der Waals surface area contributed by atoms with Crippen LogP contribution in [0.4, 0.5) is 11.4 Å². The maximum absolute atomic E-state index is 12.2. The molecule has 0 fully saturated rings. The molecule has 19 heavy (non-hydrogen) atoms. The van der Waals surface area contributed by atoms with Gasteiger partial charge in [0.15, 0.2) is 0 Å². The van der Waals surface area contributed by atoms with E-state index in [9.17, 15) is 4.79 Å². The van der Waals surface area contributed by atoms with Crippen LogP contribution in [0.15, 0.2) is 59.2 Å². The molecule has 0 radical (unpaired) electrons. The van der Waals surface area contributed by atoms with Gasteiger partial charge in [-0.2, -0.15) is 0 Å². The van der Waals surface area contributed by atoms with Crippen molar-refractivity contribution in [2.75, 3.05) is 4.90 Å². The van der Waals surface area contributed by atoms with Crippen molar-refractivity contribution in [3.63, 3.8) is 0 Å². The number of carbonyl (C=O) groups is 1. The maximum Gasteiger partial charge on any atom is 0.236 e. The molecule has 3 aromatic rings. The second-order valence-electron chi connectivity index (χ2n) is 4.68. The quantitative estimate of drug-likeness (QED) is 0.659. The van der Waals surface area contributed by atoms with Gasteiger partial charge < -0.3 is 4.42 Å². The SMILES string of the molecule is O=C1Cc2cc3occc3cc2N1c1ccccc1. The van der Waals surface area contributed by atoms with Crippen LogP contribution in [0.2, 0.25) is 0 Å². The van der Waals surface area contributed by atoms with Crippen molar-refractivity contribution in [1.29, 1.82) is 0 Å². The first kappa shape index (κ1) is 10.4. The molecule has 3 nitrogen and oxygen atoms in total. The fourth-order valence-electron chi connectivity index (χ4n) is 2.63. The van der Waals surface area contributed by atoms with Gasteiger partial charge in [-0.15, -0.1) is 0 Å². The number of para-hydroxylation sites is 1. The normalized spacial score (nSPS) is 14.1. The first-order valence-corrected chi connectivity index (χ1v) is 6.21. The molecule has 3 heteroatoms. The van der Waals surface area contributed by atoms with Crippen LogP contribution in [0.5, 0.6) is 0 Å². The third-order valence-corrected chi connectivity index (χ3v) is 3.50. The molecule has 2 aromatic carbocycles. The highest BCUT2D eigenvalue weighted by atomic mass is 16.3. The van der Waals surface area contributed by atoms with Crippen molar-refractivity contribution in [2.24, 2.45) is 0 Å². The summed E-state index contributed by atoms with van der Waals surface area (Å²) in [5, 5.41) is 1.02. The lowest BCUT2D eigenvalue weighted by molar-refractivity contribution is -0.116. The molecule has 0 saturated carbocycles. The Balaban J connectivity index is 1.93. The molecule has 0 saturated heterocycles. The minimum absolute atomic E-state index is 0.105. The van der Waals surface area contributed by atoms with Crippen molar-refractivity contribution >= 4 is 28.3 Å². The van der Waals surface area contributed by atoms with E-state index < -0.39 is 0 Å². The van der Waals surface area contributed by atoms with Gasteiger partial charge in [0.05, 0.1) is 18.4 Å². The molecule has 0 unspecified atom stereocenters. The number of furan rings is 1. The third-order valence-electron chi connectivity index (χ3n) is 3.50. The van der Waals surface area contributed by atoms with Crippen LogP contribution in [0.25, 0.3) is 11.0 Å². The largest absolute Gasteiger partial charge is 0.464 e. The summed E-state index contributed by atoms with van der Waals surface area (Å²) >= 11 is 0. The molecule has 0 N–H and O–H groups in total. The Morgan fingerprint density at radius 1 is 1.05 bits per heavy atom. The lowest BCUT2D eigenvalue weighted by Gasteiger charge is -2.17. The number of benzene rings is 2. The minimum atomic E-state index is 0.105. The molecular formula is C16H11NO2. The number of hydrogen-bond donors (Lipinski definition) is 0. The lowest BCUT2D eigenvalue weighted by Crippen LogP contribution is -2.20. The number of hydrogen-bond acceptors (Lipinski definition) is 2. The summed E-state index contributed by atoms with van der Waals surface area (Å²) in [4.78, 5) is 14.0. The second-order valence-corrected chi connectivity index (χ2v) is 4.68. The van der Waals surface area contributed by atoms with E-state index in [1.54, 1.807) is 11.2 Å². The molecule has 0 spiro atoms. The van der Waals surface area contributed by atoms with Crippen molar-refractivity contribution in [1.82, 2.24) is 0 Å². The molecule has 92 valence electrons. The van der Waals surface area contributed by atoms with Gasteiger partial charge in [-0.3, -0.25) is 9.69 Å². The van der Waals surface area contributed by atoms with E-state index in [0.717, 1.165) is 27.9 Å². The minimum Gasteiger partial charge on any atom is -0.464 e. The predicted octanol–water partition coefficient (Wildman–Crippen LogP) is 3.65. The predicted molar refractivity (Wildman–Crippen MR) is 73.5 cm³/mol. The Morgan fingerprint density at radius 3 is 2.74 bits per heavy atom. The van der Waals surface area contributed by atoms with Crippen LogP contribution < -0.4 is 4.90 Å². The van der Waals surface area contributed by atoms with Gasteiger partial charge in [-0.1, -0.05) is 18.2 Å². The first-order valence-electron chi connectivity index (χ1n) is 6.21. The average Bonchev–Trinajstić information content (AvgIpc) is 2.99. The molecule has 1 aliphatic rings. The molecule has 0 bridgehead atoms. The highest BCUT2D eigenvalue weighted by molar-refractivity contribution is 6.09. The van der Waals surface area contributed by atoms with Crippen molar-refractivity contribution in [3.8, 4) is 0 Å². The fourth-order valence-corrected chi connectivity index (χ4v) is 2.63. The zero-order valence-corrected chi connectivity index (χ0v) is 10.2. The van der Waals surface area contributed by atoms with Gasteiger partial charge in [-0.25, -0.2) is 0 Å². The summed E-state index contributed by atoms with van der Waals surface area (Å²) in [6.07, 6.45) is 2.11. The molecule has 0 aliphatic carbocycles. The van der Waals surface area contributed by atoms with Gasteiger partial charge in [0.25, 0.3) is 0 Å². The van der Waals surface area contributed by atoms with E-state index >= 15 is 0 Å². The van der Waals surface area contributed by atoms with Gasteiger partial charge in [-0.05, 0) is 35.9 Å². The smallest absolute Gasteiger partial charge is 0.236 e. The van der Waals surface area contributed by atoms with Crippen molar-refractivity contribution < 1.29 is 9.21 Å². The Labute approximate surface area is 110 Å². The van der Waals surface area contributed by atoms with Gasteiger partial charge >= 0.3 is 0 Å². The number of carbonyl (C=O) groups excluding carboxylic acids is 1.